The molecule has 0 fully saturated rings. The standard InChI is InChI=1S/C14H20N2/c1-4-11(2)15-9-12-10-16(3)14-8-6-5-7-13(12)14/h5-8,10-11,15H,4,9H2,1-3H3. The fourth-order valence-corrected chi connectivity index (χ4v) is 1.99. The monoisotopic (exact) mass is 216 g/mol. The van der Waals surface area contributed by atoms with E-state index < -0.39 is 0 Å². The fourth-order valence-electron chi connectivity index (χ4n) is 1.99. The molecule has 16 heavy (non-hydrogen) atoms. The van der Waals surface area contributed by atoms with Gasteiger partial charge in [-0.25, -0.2) is 0 Å². The van der Waals surface area contributed by atoms with E-state index in [0.29, 0.717) is 6.04 Å². The second-order valence-corrected chi connectivity index (χ2v) is 4.47. The van der Waals surface area contributed by atoms with Crippen molar-refractivity contribution in [3.8, 4) is 0 Å². The van der Waals surface area contributed by atoms with Gasteiger partial charge in [-0.2, -0.15) is 0 Å². The van der Waals surface area contributed by atoms with Crippen molar-refractivity contribution in [2.75, 3.05) is 0 Å². The third-order valence-corrected chi connectivity index (χ3v) is 3.23. The Morgan fingerprint density at radius 1 is 1.31 bits per heavy atom. The molecular formula is C14H20N2. The van der Waals surface area contributed by atoms with E-state index in [2.05, 4.69) is 61.2 Å². The summed E-state index contributed by atoms with van der Waals surface area (Å²) in [7, 11) is 2.11. The number of fused-ring (bicyclic) bond motifs is 1. The second-order valence-electron chi connectivity index (χ2n) is 4.47. The molecule has 2 rings (SSSR count). The first-order valence-electron chi connectivity index (χ1n) is 5.98. The maximum Gasteiger partial charge on any atom is 0.0481 e. The molecule has 86 valence electrons. The van der Waals surface area contributed by atoms with Crippen LogP contribution in [0.15, 0.2) is 30.5 Å². The first kappa shape index (κ1) is 11.2. The van der Waals surface area contributed by atoms with E-state index in [9.17, 15) is 0 Å². The van der Waals surface area contributed by atoms with Gasteiger partial charge in [0.25, 0.3) is 0 Å². The van der Waals surface area contributed by atoms with Crippen LogP contribution in [0.5, 0.6) is 0 Å². The Bertz CT molecular complexity index is 471. The van der Waals surface area contributed by atoms with Crippen LogP contribution in [0.1, 0.15) is 25.8 Å². The molecule has 0 aliphatic heterocycles. The third kappa shape index (κ3) is 2.12. The molecule has 0 amide bonds. The molecule has 1 heterocycles. The van der Waals surface area contributed by atoms with Crippen molar-refractivity contribution in [3.05, 3.63) is 36.0 Å². The van der Waals surface area contributed by atoms with Crippen LogP contribution in [0.4, 0.5) is 0 Å². The first-order valence-corrected chi connectivity index (χ1v) is 5.98. The van der Waals surface area contributed by atoms with E-state index in [1.54, 1.807) is 0 Å². The van der Waals surface area contributed by atoms with E-state index in [-0.39, 0.29) is 0 Å². The fraction of sp³-hybridized carbons (Fsp3) is 0.429. The lowest BCUT2D eigenvalue weighted by Crippen LogP contribution is -2.24. The molecule has 0 radical (unpaired) electrons. The van der Waals surface area contributed by atoms with Crippen LogP contribution in [0.2, 0.25) is 0 Å². The van der Waals surface area contributed by atoms with Gasteiger partial charge in [0.05, 0.1) is 0 Å². The van der Waals surface area contributed by atoms with Crippen LogP contribution in [0, 0.1) is 0 Å². The SMILES string of the molecule is CCC(C)NCc1cn(C)c2ccccc12. The number of para-hydroxylation sites is 1. The summed E-state index contributed by atoms with van der Waals surface area (Å²) in [6.45, 7) is 5.39. The van der Waals surface area contributed by atoms with E-state index in [0.717, 1.165) is 6.54 Å². The highest BCUT2D eigenvalue weighted by Gasteiger charge is 2.06. The number of nitrogens with zero attached hydrogens (tertiary/aromatic N) is 1. The molecule has 2 heteroatoms. The zero-order chi connectivity index (χ0) is 11.5. The topological polar surface area (TPSA) is 17.0 Å². The lowest BCUT2D eigenvalue weighted by molar-refractivity contribution is 0.535. The van der Waals surface area contributed by atoms with Gasteiger partial charge in [0.1, 0.15) is 0 Å². The molecule has 0 saturated carbocycles. The van der Waals surface area contributed by atoms with Gasteiger partial charge in [-0.05, 0) is 25.0 Å². The minimum Gasteiger partial charge on any atom is -0.350 e. The average molecular weight is 216 g/mol. The van der Waals surface area contributed by atoms with Crippen molar-refractivity contribution in [2.45, 2.75) is 32.9 Å². The van der Waals surface area contributed by atoms with Crippen molar-refractivity contribution in [2.24, 2.45) is 7.05 Å². The molecule has 1 aromatic heterocycles. The van der Waals surface area contributed by atoms with E-state index in [1.165, 1.54) is 22.9 Å². The molecule has 0 aliphatic rings. The molecule has 1 unspecified atom stereocenters. The molecule has 2 aromatic rings. The Kier molecular flexibility index (Phi) is 3.30. The summed E-state index contributed by atoms with van der Waals surface area (Å²) in [5.74, 6) is 0. The largest absolute Gasteiger partial charge is 0.350 e. The first-order chi connectivity index (χ1) is 7.72. The molecule has 0 aliphatic carbocycles. The molecule has 1 aromatic carbocycles. The molecule has 0 bridgehead atoms. The van der Waals surface area contributed by atoms with Gasteiger partial charge in [0, 0.05) is 36.7 Å². The van der Waals surface area contributed by atoms with Crippen molar-refractivity contribution >= 4 is 10.9 Å². The minimum atomic E-state index is 0.582. The zero-order valence-electron chi connectivity index (χ0n) is 10.3. The highest BCUT2D eigenvalue weighted by molar-refractivity contribution is 5.83. The van der Waals surface area contributed by atoms with Gasteiger partial charge in [0.2, 0.25) is 0 Å². The second kappa shape index (κ2) is 4.71. The molecule has 1 atom stereocenters. The maximum atomic E-state index is 3.54. The molecular weight excluding hydrogens is 196 g/mol. The number of rotatable bonds is 4. The van der Waals surface area contributed by atoms with E-state index in [4.69, 9.17) is 0 Å². The molecule has 0 saturated heterocycles. The number of aromatic nitrogens is 1. The van der Waals surface area contributed by atoms with Crippen LogP contribution in [-0.4, -0.2) is 10.6 Å². The van der Waals surface area contributed by atoms with Crippen LogP contribution in [0.3, 0.4) is 0 Å². The number of nitrogens with one attached hydrogen (secondary N) is 1. The van der Waals surface area contributed by atoms with Crippen LogP contribution in [0.25, 0.3) is 10.9 Å². The summed E-state index contributed by atoms with van der Waals surface area (Å²) < 4.78 is 2.20. The summed E-state index contributed by atoms with van der Waals surface area (Å²) in [6.07, 6.45) is 3.39. The van der Waals surface area contributed by atoms with Gasteiger partial charge in [-0.15, -0.1) is 0 Å². The summed E-state index contributed by atoms with van der Waals surface area (Å²) in [5, 5.41) is 4.90. The van der Waals surface area contributed by atoms with Crippen molar-refractivity contribution in [1.29, 1.82) is 0 Å². The highest BCUT2D eigenvalue weighted by atomic mass is 14.9. The van der Waals surface area contributed by atoms with E-state index in [1.807, 2.05) is 0 Å². The van der Waals surface area contributed by atoms with Crippen molar-refractivity contribution in [1.82, 2.24) is 9.88 Å². The quantitative estimate of drug-likeness (QED) is 0.831. The Morgan fingerprint density at radius 3 is 2.81 bits per heavy atom. The van der Waals surface area contributed by atoms with Gasteiger partial charge < -0.3 is 9.88 Å². The van der Waals surface area contributed by atoms with Crippen LogP contribution < -0.4 is 5.32 Å². The van der Waals surface area contributed by atoms with Crippen molar-refractivity contribution in [3.63, 3.8) is 0 Å². The Labute approximate surface area is 97.3 Å². The molecule has 1 N–H and O–H groups in total. The molecule has 2 nitrogen and oxygen atoms in total. The number of benzene rings is 1. The van der Waals surface area contributed by atoms with Gasteiger partial charge >= 0.3 is 0 Å². The Hall–Kier alpha value is -1.28. The number of hydrogen-bond donors (Lipinski definition) is 1. The number of aryl methyl sites for hydroxylation is 1. The lowest BCUT2D eigenvalue weighted by atomic mass is 10.1. The summed E-state index contributed by atoms with van der Waals surface area (Å²) in [5.41, 5.74) is 2.70. The highest BCUT2D eigenvalue weighted by Crippen LogP contribution is 2.20. The summed E-state index contributed by atoms with van der Waals surface area (Å²) in [6, 6.07) is 9.15. The Morgan fingerprint density at radius 2 is 2.06 bits per heavy atom. The van der Waals surface area contributed by atoms with Crippen LogP contribution >= 0.6 is 0 Å². The van der Waals surface area contributed by atoms with Gasteiger partial charge in [-0.3, -0.25) is 0 Å². The Balaban J connectivity index is 2.24. The smallest absolute Gasteiger partial charge is 0.0481 e. The average Bonchev–Trinajstić information content (AvgIpc) is 2.64. The minimum absolute atomic E-state index is 0.582. The van der Waals surface area contributed by atoms with Crippen LogP contribution in [-0.2, 0) is 13.6 Å². The summed E-state index contributed by atoms with van der Waals surface area (Å²) in [4.78, 5) is 0. The normalized spacial score (nSPS) is 13.2. The lowest BCUT2D eigenvalue weighted by Gasteiger charge is -2.10. The molecule has 0 spiro atoms. The van der Waals surface area contributed by atoms with E-state index >= 15 is 0 Å². The summed E-state index contributed by atoms with van der Waals surface area (Å²) >= 11 is 0. The van der Waals surface area contributed by atoms with Crippen molar-refractivity contribution < 1.29 is 0 Å². The predicted octanol–water partition coefficient (Wildman–Crippen LogP) is 3.07. The number of hydrogen-bond acceptors (Lipinski definition) is 1. The van der Waals surface area contributed by atoms with Gasteiger partial charge in [-0.1, -0.05) is 25.1 Å². The predicted molar refractivity (Wildman–Crippen MR) is 69.5 cm³/mol. The zero-order valence-corrected chi connectivity index (χ0v) is 10.3. The van der Waals surface area contributed by atoms with Gasteiger partial charge in [0.15, 0.2) is 0 Å². The third-order valence-electron chi connectivity index (χ3n) is 3.23. The maximum absolute atomic E-state index is 3.54.